The van der Waals surface area contributed by atoms with Gasteiger partial charge < -0.3 is 10.8 Å². The van der Waals surface area contributed by atoms with Gasteiger partial charge >= 0.3 is 0 Å². The number of thiol groups is 1. The minimum absolute atomic E-state index is 0.0953. The lowest BCUT2D eigenvalue weighted by Gasteiger charge is -2.07. The van der Waals surface area contributed by atoms with Crippen molar-refractivity contribution in [1.82, 2.24) is 0 Å². The third-order valence-electron chi connectivity index (χ3n) is 1.67. The van der Waals surface area contributed by atoms with E-state index in [1.807, 2.05) is 12.1 Å². The SMILES string of the molecule is NC(CS)Cc1ccc(O)cc1. The van der Waals surface area contributed by atoms with E-state index < -0.39 is 0 Å². The van der Waals surface area contributed by atoms with Gasteiger partial charge in [-0.3, -0.25) is 0 Å². The summed E-state index contributed by atoms with van der Waals surface area (Å²) in [7, 11) is 0. The molecular weight excluding hydrogens is 170 g/mol. The zero-order chi connectivity index (χ0) is 8.97. The van der Waals surface area contributed by atoms with Gasteiger partial charge in [-0.15, -0.1) is 0 Å². The summed E-state index contributed by atoms with van der Waals surface area (Å²) in [5.74, 6) is 0.971. The summed E-state index contributed by atoms with van der Waals surface area (Å²) in [6, 6.07) is 7.18. The first-order valence-electron chi connectivity index (χ1n) is 3.86. The largest absolute Gasteiger partial charge is 0.508 e. The molecule has 1 unspecified atom stereocenters. The zero-order valence-electron chi connectivity index (χ0n) is 6.77. The fraction of sp³-hybridized carbons (Fsp3) is 0.333. The van der Waals surface area contributed by atoms with Crippen molar-refractivity contribution in [2.75, 3.05) is 5.75 Å². The first kappa shape index (κ1) is 9.42. The molecule has 3 N–H and O–H groups in total. The molecule has 66 valence electrons. The third kappa shape index (κ3) is 2.75. The molecule has 1 atom stereocenters. The van der Waals surface area contributed by atoms with E-state index >= 15 is 0 Å². The van der Waals surface area contributed by atoms with Crippen molar-refractivity contribution < 1.29 is 5.11 Å². The summed E-state index contributed by atoms with van der Waals surface area (Å²) in [6.45, 7) is 0. The van der Waals surface area contributed by atoms with Gasteiger partial charge in [0.05, 0.1) is 0 Å². The molecule has 0 aliphatic rings. The summed E-state index contributed by atoms with van der Waals surface area (Å²) in [6.07, 6.45) is 0.809. The molecule has 1 rings (SSSR count). The van der Waals surface area contributed by atoms with Crippen LogP contribution in [0.3, 0.4) is 0 Å². The predicted octanol–water partition coefficient (Wildman–Crippen LogP) is 1.19. The number of phenols is 1. The molecule has 0 radical (unpaired) electrons. The summed E-state index contributed by atoms with van der Waals surface area (Å²) in [5.41, 5.74) is 6.84. The highest BCUT2D eigenvalue weighted by atomic mass is 32.1. The van der Waals surface area contributed by atoms with Crippen molar-refractivity contribution in [3.05, 3.63) is 29.8 Å². The van der Waals surface area contributed by atoms with Crippen LogP contribution in [0.5, 0.6) is 5.75 Å². The van der Waals surface area contributed by atoms with Gasteiger partial charge in [0.1, 0.15) is 5.75 Å². The van der Waals surface area contributed by atoms with E-state index in [1.165, 1.54) is 0 Å². The highest BCUT2D eigenvalue weighted by Gasteiger charge is 2.00. The van der Waals surface area contributed by atoms with Gasteiger partial charge in [0.25, 0.3) is 0 Å². The van der Waals surface area contributed by atoms with Crippen LogP contribution in [-0.4, -0.2) is 16.9 Å². The van der Waals surface area contributed by atoms with Gasteiger partial charge in [0.2, 0.25) is 0 Å². The van der Waals surface area contributed by atoms with Crippen molar-refractivity contribution >= 4 is 12.6 Å². The first-order chi connectivity index (χ1) is 5.72. The molecule has 0 fully saturated rings. The minimum atomic E-state index is 0.0953. The quantitative estimate of drug-likeness (QED) is 0.616. The highest BCUT2D eigenvalue weighted by molar-refractivity contribution is 7.80. The molecule has 0 heterocycles. The Morgan fingerprint density at radius 2 is 1.92 bits per heavy atom. The monoisotopic (exact) mass is 183 g/mol. The third-order valence-corrected chi connectivity index (χ3v) is 2.14. The van der Waals surface area contributed by atoms with Gasteiger partial charge in [-0.25, -0.2) is 0 Å². The fourth-order valence-corrected chi connectivity index (χ4v) is 1.13. The molecule has 1 aromatic carbocycles. The summed E-state index contributed by atoms with van der Waals surface area (Å²) in [5, 5.41) is 9.00. The molecule has 0 saturated carbocycles. The molecule has 1 aromatic rings. The molecule has 0 aromatic heterocycles. The van der Waals surface area contributed by atoms with Crippen LogP contribution in [-0.2, 0) is 6.42 Å². The number of hydrogen-bond acceptors (Lipinski definition) is 3. The van der Waals surface area contributed by atoms with E-state index in [-0.39, 0.29) is 11.8 Å². The first-order valence-corrected chi connectivity index (χ1v) is 4.50. The number of nitrogens with two attached hydrogens (primary N) is 1. The van der Waals surface area contributed by atoms with Crippen LogP contribution in [0.25, 0.3) is 0 Å². The van der Waals surface area contributed by atoms with Crippen molar-refractivity contribution in [2.24, 2.45) is 5.73 Å². The lowest BCUT2D eigenvalue weighted by Crippen LogP contribution is -2.24. The molecule has 0 amide bonds. The van der Waals surface area contributed by atoms with E-state index in [2.05, 4.69) is 12.6 Å². The fourth-order valence-electron chi connectivity index (χ4n) is 0.999. The second-order valence-corrected chi connectivity index (χ2v) is 3.18. The lowest BCUT2D eigenvalue weighted by molar-refractivity contribution is 0.475. The van der Waals surface area contributed by atoms with E-state index in [0.717, 1.165) is 12.0 Å². The van der Waals surface area contributed by atoms with Crippen LogP contribution < -0.4 is 5.73 Å². The van der Waals surface area contributed by atoms with Gasteiger partial charge in [-0.05, 0) is 24.1 Å². The Morgan fingerprint density at radius 1 is 1.33 bits per heavy atom. The van der Waals surface area contributed by atoms with E-state index in [0.29, 0.717) is 5.75 Å². The topological polar surface area (TPSA) is 46.2 Å². The molecule has 0 saturated heterocycles. The number of phenolic OH excluding ortho intramolecular Hbond substituents is 1. The average molecular weight is 183 g/mol. The van der Waals surface area contributed by atoms with Gasteiger partial charge in [0.15, 0.2) is 0 Å². The second-order valence-electron chi connectivity index (χ2n) is 2.81. The summed E-state index contributed by atoms with van der Waals surface area (Å²) >= 11 is 4.09. The molecule has 0 bridgehead atoms. The zero-order valence-corrected chi connectivity index (χ0v) is 7.67. The summed E-state index contributed by atoms with van der Waals surface area (Å²) in [4.78, 5) is 0. The Balaban J connectivity index is 2.58. The lowest BCUT2D eigenvalue weighted by atomic mass is 10.1. The van der Waals surface area contributed by atoms with Crippen molar-refractivity contribution in [3.8, 4) is 5.75 Å². The second kappa shape index (κ2) is 4.38. The van der Waals surface area contributed by atoms with Gasteiger partial charge in [-0.2, -0.15) is 12.6 Å². The van der Waals surface area contributed by atoms with Crippen LogP contribution in [0.2, 0.25) is 0 Å². The Kier molecular flexibility index (Phi) is 3.44. The Bertz CT molecular complexity index is 235. The maximum absolute atomic E-state index is 9.00. The average Bonchev–Trinajstić information content (AvgIpc) is 2.09. The molecule has 0 spiro atoms. The smallest absolute Gasteiger partial charge is 0.115 e. The number of rotatable bonds is 3. The van der Waals surface area contributed by atoms with Crippen molar-refractivity contribution in [1.29, 1.82) is 0 Å². The van der Waals surface area contributed by atoms with Crippen LogP contribution in [0.4, 0.5) is 0 Å². The van der Waals surface area contributed by atoms with E-state index in [4.69, 9.17) is 10.8 Å². The van der Waals surface area contributed by atoms with E-state index in [9.17, 15) is 0 Å². The maximum atomic E-state index is 9.00. The maximum Gasteiger partial charge on any atom is 0.115 e. The van der Waals surface area contributed by atoms with Crippen LogP contribution in [0, 0.1) is 0 Å². The number of aromatic hydroxyl groups is 1. The van der Waals surface area contributed by atoms with Gasteiger partial charge in [-0.1, -0.05) is 12.1 Å². The molecular formula is C9H13NOS. The Morgan fingerprint density at radius 3 is 2.42 bits per heavy atom. The number of hydrogen-bond donors (Lipinski definition) is 3. The molecule has 0 aliphatic heterocycles. The standard InChI is InChI=1S/C9H13NOS/c10-8(6-12)5-7-1-3-9(11)4-2-7/h1-4,8,11-12H,5-6,10H2. The Labute approximate surface area is 77.8 Å². The van der Waals surface area contributed by atoms with E-state index in [1.54, 1.807) is 12.1 Å². The molecule has 0 aliphatic carbocycles. The number of benzene rings is 1. The van der Waals surface area contributed by atoms with Crippen LogP contribution in [0.15, 0.2) is 24.3 Å². The van der Waals surface area contributed by atoms with Crippen LogP contribution >= 0.6 is 12.6 Å². The molecule has 12 heavy (non-hydrogen) atoms. The van der Waals surface area contributed by atoms with Crippen LogP contribution in [0.1, 0.15) is 5.56 Å². The molecule has 3 heteroatoms. The summed E-state index contributed by atoms with van der Waals surface area (Å²) < 4.78 is 0. The Hall–Kier alpha value is -0.670. The molecule has 2 nitrogen and oxygen atoms in total. The predicted molar refractivity (Wildman–Crippen MR) is 53.6 cm³/mol. The van der Waals surface area contributed by atoms with Crippen molar-refractivity contribution in [3.63, 3.8) is 0 Å². The minimum Gasteiger partial charge on any atom is -0.508 e. The normalized spacial score (nSPS) is 12.8. The highest BCUT2D eigenvalue weighted by Crippen LogP contribution is 2.10. The van der Waals surface area contributed by atoms with Gasteiger partial charge in [0, 0.05) is 11.8 Å². The van der Waals surface area contributed by atoms with Crippen molar-refractivity contribution in [2.45, 2.75) is 12.5 Å².